The van der Waals surface area contributed by atoms with Gasteiger partial charge in [0.25, 0.3) is 11.8 Å². The van der Waals surface area contributed by atoms with Crippen LogP contribution in [-0.4, -0.2) is 69.0 Å². The van der Waals surface area contributed by atoms with E-state index in [4.69, 9.17) is 27.9 Å². The van der Waals surface area contributed by atoms with Crippen molar-refractivity contribution in [2.75, 3.05) is 20.7 Å². The number of carbonyl (C=O) groups excluding carboxylic acids is 4. The van der Waals surface area contributed by atoms with Crippen LogP contribution < -0.4 is 4.74 Å². The van der Waals surface area contributed by atoms with Crippen LogP contribution in [0.1, 0.15) is 37.7 Å². The van der Waals surface area contributed by atoms with E-state index in [-0.39, 0.29) is 41.7 Å². The van der Waals surface area contributed by atoms with Gasteiger partial charge in [0.05, 0.1) is 18.9 Å². The van der Waals surface area contributed by atoms with Gasteiger partial charge in [-0.1, -0.05) is 34.5 Å². The molecule has 1 aromatic carbocycles. The highest BCUT2D eigenvalue weighted by Crippen LogP contribution is 2.66. The van der Waals surface area contributed by atoms with Crippen molar-refractivity contribution in [3.63, 3.8) is 0 Å². The number of likely N-dealkylation sites (tertiary alicyclic amines) is 2. The van der Waals surface area contributed by atoms with Crippen molar-refractivity contribution in [1.29, 1.82) is 0 Å². The number of phenolic OH excluding ortho intramolecular Hbond substituents is 1. The van der Waals surface area contributed by atoms with Crippen molar-refractivity contribution in [2.45, 2.75) is 41.9 Å². The van der Waals surface area contributed by atoms with Gasteiger partial charge in [-0.2, -0.15) is 0 Å². The van der Waals surface area contributed by atoms with E-state index in [9.17, 15) is 24.3 Å². The second kappa shape index (κ2) is 8.46. The summed E-state index contributed by atoms with van der Waals surface area (Å²) in [4.78, 5) is 52.0. The topological polar surface area (TPSA) is 104 Å². The molecule has 1 aromatic rings. The Bertz CT molecular complexity index is 1250. The van der Waals surface area contributed by atoms with Crippen molar-refractivity contribution in [2.24, 2.45) is 17.8 Å². The average Bonchev–Trinajstić information content (AvgIpc) is 3.16. The number of aromatic hydroxyl groups is 1. The molecule has 0 unspecified atom stereocenters. The fourth-order valence-corrected chi connectivity index (χ4v) is 8.03. The molecule has 1 N–H and O–H groups in total. The molecule has 8 nitrogen and oxygen atoms in total. The van der Waals surface area contributed by atoms with Crippen LogP contribution in [0, 0.1) is 17.8 Å². The number of methoxy groups -OCH3 is 1. The second-order valence-corrected chi connectivity index (χ2v) is 12.0. The van der Waals surface area contributed by atoms with E-state index in [1.165, 1.54) is 19.1 Å². The minimum Gasteiger partial charge on any atom is -0.504 e. The largest absolute Gasteiger partial charge is 0.504 e. The fourth-order valence-electron chi connectivity index (χ4n) is 6.57. The van der Waals surface area contributed by atoms with E-state index < -0.39 is 45.2 Å². The van der Waals surface area contributed by atoms with Gasteiger partial charge < -0.3 is 9.84 Å². The average molecular weight is 600 g/mol. The maximum atomic E-state index is 13.6. The Labute approximate surface area is 226 Å². The molecular formula is C25H25BrCl2N2O6. The molecule has 36 heavy (non-hydrogen) atoms. The summed E-state index contributed by atoms with van der Waals surface area (Å²) in [6.07, 6.45) is 2.66. The molecule has 6 atom stereocenters. The lowest BCUT2D eigenvalue weighted by atomic mass is 9.56. The minimum absolute atomic E-state index is 0.0820. The zero-order valence-electron chi connectivity index (χ0n) is 19.9. The number of hydrogen-bond acceptors (Lipinski definition) is 6. The van der Waals surface area contributed by atoms with Crippen LogP contribution in [0.2, 0.25) is 0 Å². The number of phenols is 1. The van der Waals surface area contributed by atoms with E-state index >= 15 is 0 Å². The number of amides is 4. The molecule has 0 spiro atoms. The Morgan fingerprint density at radius 3 is 2.47 bits per heavy atom. The van der Waals surface area contributed by atoms with Gasteiger partial charge in [-0.15, -0.1) is 23.2 Å². The molecule has 0 radical (unpaired) electrons. The molecule has 2 aliphatic heterocycles. The number of benzene rings is 1. The first-order chi connectivity index (χ1) is 16.9. The summed E-state index contributed by atoms with van der Waals surface area (Å²) >= 11 is 17.6. The molecule has 4 amide bonds. The van der Waals surface area contributed by atoms with Crippen molar-refractivity contribution in [3.05, 3.63) is 33.8 Å². The third-order valence-corrected chi connectivity index (χ3v) is 10.0. The van der Waals surface area contributed by atoms with E-state index in [1.807, 2.05) is 13.0 Å². The van der Waals surface area contributed by atoms with Crippen molar-refractivity contribution >= 4 is 62.8 Å². The summed E-state index contributed by atoms with van der Waals surface area (Å²) < 4.78 is 5.88. The van der Waals surface area contributed by atoms with Gasteiger partial charge in [0.1, 0.15) is 0 Å². The van der Waals surface area contributed by atoms with Gasteiger partial charge in [-0.25, -0.2) is 0 Å². The quantitative estimate of drug-likeness (QED) is 0.322. The summed E-state index contributed by atoms with van der Waals surface area (Å²) in [7, 11) is 2.72. The zero-order chi connectivity index (χ0) is 26.3. The van der Waals surface area contributed by atoms with Crippen molar-refractivity contribution < 1.29 is 29.0 Å². The lowest BCUT2D eigenvalue weighted by Gasteiger charge is -2.50. The van der Waals surface area contributed by atoms with Gasteiger partial charge in [-0.05, 0) is 37.3 Å². The SMILES string of the molecule is CCCN1C(=O)[C@H]2[C@H](CC=C3[C@H]2C[C@@]2(Cl)C(=O)N(C)C(=O)[C@@]2(Cl)[C@H]3c2cc(Br)cc(OC)c2O)C1=O. The Morgan fingerprint density at radius 2 is 1.83 bits per heavy atom. The number of halogens is 3. The molecule has 2 saturated heterocycles. The number of imide groups is 2. The van der Waals surface area contributed by atoms with Gasteiger partial charge >= 0.3 is 0 Å². The first kappa shape index (κ1) is 25.5. The summed E-state index contributed by atoms with van der Waals surface area (Å²) in [6.45, 7) is 2.20. The van der Waals surface area contributed by atoms with Crippen molar-refractivity contribution in [1.82, 2.24) is 9.80 Å². The highest BCUT2D eigenvalue weighted by atomic mass is 79.9. The van der Waals surface area contributed by atoms with E-state index in [1.54, 1.807) is 12.1 Å². The lowest BCUT2D eigenvalue weighted by Crippen LogP contribution is -2.60. The molecule has 192 valence electrons. The summed E-state index contributed by atoms with van der Waals surface area (Å²) in [5.74, 6) is -4.96. The highest BCUT2D eigenvalue weighted by molar-refractivity contribution is 9.10. The highest BCUT2D eigenvalue weighted by Gasteiger charge is 2.76. The molecule has 0 bridgehead atoms. The first-order valence-electron chi connectivity index (χ1n) is 11.8. The Balaban J connectivity index is 1.76. The third-order valence-electron chi connectivity index (χ3n) is 8.15. The fraction of sp³-hybridized carbons (Fsp3) is 0.520. The standard InChI is InChI=1S/C25H25BrCl2N2O6/c1-4-7-30-20(32)13-6-5-12-15(17(13)21(30)33)10-24(27)22(34)29(2)23(35)25(24,28)18(12)14-8-11(26)9-16(36-3)19(14)31/h5,8-9,13,15,17-18,31H,4,6-7,10H2,1-3H3/t13-,15+,17-,18+,24+,25-/m0/s1. The van der Waals surface area contributed by atoms with Crippen LogP contribution in [0.3, 0.4) is 0 Å². The molecule has 1 saturated carbocycles. The number of allylic oxidation sites excluding steroid dienone is 2. The summed E-state index contributed by atoms with van der Waals surface area (Å²) in [5, 5.41) is 11.2. The minimum atomic E-state index is -1.96. The van der Waals surface area contributed by atoms with E-state index in [0.717, 1.165) is 4.90 Å². The molecule has 2 aliphatic carbocycles. The van der Waals surface area contributed by atoms with Gasteiger partial charge in [0.2, 0.25) is 11.8 Å². The molecule has 11 heteroatoms. The smallest absolute Gasteiger partial charge is 0.253 e. The van der Waals surface area contributed by atoms with Crippen LogP contribution in [0.5, 0.6) is 11.5 Å². The van der Waals surface area contributed by atoms with E-state index in [2.05, 4.69) is 15.9 Å². The maximum absolute atomic E-state index is 13.6. The molecule has 5 rings (SSSR count). The van der Waals surface area contributed by atoms with E-state index in [0.29, 0.717) is 23.0 Å². The van der Waals surface area contributed by atoms with Gasteiger partial charge in [0.15, 0.2) is 21.2 Å². The Hall–Kier alpha value is -2.10. The summed E-state index contributed by atoms with van der Waals surface area (Å²) in [6, 6.07) is 3.18. The number of fused-ring (bicyclic) bond motifs is 4. The second-order valence-electron chi connectivity index (χ2n) is 9.87. The van der Waals surface area contributed by atoms with Gasteiger partial charge in [0, 0.05) is 29.5 Å². The Morgan fingerprint density at radius 1 is 1.14 bits per heavy atom. The van der Waals surface area contributed by atoms with Crippen LogP contribution in [0.25, 0.3) is 0 Å². The van der Waals surface area contributed by atoms with Crippen LogP contribution >= 0.6 is 39.1 Å². The maximum Gasteiger partial charge on any atom is 0.253 e. The number of nitrogens with zero attached hydrogens (tertiary/aromatic N) is 2. The third kappa shape index (κ3) is 3.05. The van der Waals surface area contributed by atoms with Crippen molar-refractivity contribution in [3.8, 4) is 11.5 Å². The normalized spacial score (nSPS) is 35.6. The predicted molar refractivity (Wildman–Crippen MR) is 135 cm³/mol. The van der Waals surface area contributed by atoms with Crippen LogP contribution in [0.15, 0.2) is 28.3 Å². The first-order valence-corrected chi connectivity index (χ1v) is 13.3. The molecular weight excluding hydrogens is 575 g/mol. The van der Waals surface area contributed by atoms with Crippen LogP contribution in [0.4, 0.5) is 0 Å². The zero-order valence-corrected chi connectivity index (χ0v) is 23.0. The number of alkyl halides is 2. The van der Waals surface area contributed by atoms with Gasteiger partial charge in [-0.3, -0.25) is 29.0 Å². The molecule has 4 aliphatic rings. The molecule has 0 aromatic heterocycles. The lowest BCUT2D eigenvalue weighted by molar-refractivity contribution is -0.141. The molecule has 3 fully saturated rings. The number of carbonyl (C=O) groups is 4. The monoisotopic (exact) mass is 598 g/mol. The molecule has 2 heterocycles. The number of hydrogen-bond donors (Lipinski definition) is 1. The predicted octanol–water partition coefficient (Wildman–Crippen LogP) is 3.56. The summed E-state index contributed by atoms with van der Waals surface area (Å²) in [5.41, 5.74) is 0.864. The Kier molecular flexibility index (Phi) is 6.00. The number of rotatable bonds is 4. The van der Waals surface area contributed by atoms with Crippen LogP contribution in [-0.2, 0) is 19.2 Å². The number of ether oxygens (including phenoxy) is 1.